The van der Waals surface area contributed by atoms with Crippen LogP contribution in [0.3, 0.4) is 0 Å². The van der Waals surface area contributed by atoms with Gasteiger partial charge in [0.25, 0.3) is 0 Å². The number of hydrogen-bond donors (Lipinski definition) is 1. The SMILES string of the molecule is NN(c1c(Cl)cccc1Cl)c1nc(Cl)nc2c1ncn2C1CCCC1. The second kappa shape index (κ2) is 6.61. The Morgan fingerprint density at radius 3 is 2.44 bits per heavy atom. The number of hydrazine groups is 1. The molecule has 1 fully saturated rings. The van der Waals surface area contributed by atoms with Crippen LogP contribution in [0.2, 0.25) is 15.3 Å². The van der Waals surface area contributed by atoms with Crippen molar-refractivity contribution in [3.8, 4) is 0 Å². The van der Waals surface area contributed by atoms with E-state index >= 15 is 0 Å². The normalized spacial score (nSPS) is 15.2. The van der Waals surface area contributed by atoms with Gasteiger partial charge in [-0.25, -0.2) is 10.8 Å². The van der Waals surface area contributed by atoms with E-state index in [9.17, 15) is 0 Å². The third-order valence-electron chi connectivity index (χ3n) is 4.50. The van der Waals surface area contributed by atoms with Crippen molar-refractivity contribution in [3.63, 3.8) is 0 Å². The van der Waals surface area contributed by atoms with Crippen molar-refractivity contribution in [1.82, 2.24) is 19.5 Å². The molecule has 130 valence electrons. The highest BCUT2D eigenvalue weighted by Crippen LogP contribution is 2.38. The highest BCUT2D eigenvalue weighted by atomic mass is 35.5. The summed E-state index contributed by atoms with van der Waals surface area (Å²) < 4.78 is 2.06. The Morgan fingerprint density at radius 2 is 1.76 bits per heavy atom. The van der Waals surface area contributed by atoms with E-state index < -0.39 is 0 Å². The molecule has 2 heterocycles. The van der Waals surface area contributed by atoms with Gasteiger partial charge < -0.3 is 4.57 Å². The molecule has 4 rings (SSSR count). The molecular formula is C16H15Cl3N6. The minimum absolute atomic E-state index is 0.0980. The number of rotatable bonds is 3. The van der Waals surface area contributed by atoms with E-state index in [-0.39, 0.29) is 5.28 Å². The summed E-state index contributed by atoms with van der Waals surface area (Å²) >= 11 is 18.7. The molecule has 0 aliphatic heterocycles. The molecule has 1 aliphatic rings. The quantitative estimate of drug-likeness (QED) is 0.386. The molecule has 0 bridgehead atoms. The summed E-state index contributed by atoms with van der Waals surface area (Å²) in [6, 6.07) is 5.54. The minimum Gasteiger partial charge on any atom is -0.312 e. The highest BCUT2D eigenvalue weighted by molar-refractivity contribution is 6.39. The summed E-state index contributed by atoms with van der Waals surface area (Å²) in [4.78, 5) is 13.1. The van der Waals surface area contributed by atoms with Crippen LogP contribution in [0.25, 0.3) is 11.2 Å². The van der Waals surface area contributed by atoms with E-state index in [0.717, 1.165) is 12.8 Å². The van der Waals surface area contributed by atoms with Crippen molar-refractivity contribution in [3.05, 3.63) is 39.9 Å². The zero-order valence-electron chi connectivity index (χ0n) is 13.2. The van der Waals surface area contributed by atoms with Gasteiger partial charge in [0.05, 0.1) is 22.1 Å². The Kier molecular flexibility index (Phi) is 4.45. The lowest BCUT2D eigenvalue weighted by molar-refractivity contribution is 0.529. The van der Waals surface area contributed by atoms with Gasteiger partial charge in [0, 0.05) is 6.04 Å². The molecule has 2 N–H and O–H groups in total. The van der Waals surface area contributed by atoms with E-state index in [0.29, 0.717) is 38.8 Å². The lowest BCUT2D eigenvalue weighted by Crippen LogP contribution is -2.27. The Labute approximate surface area is 159 Å². The van der Waals surface area contributed by atoms with Gasteiger partial charge in [-0.3, -0.25) is 5.01 Å². The first-order valence-corrected chi connectivity index (χ1v) is 9.08. The summed E-state index contributed by atoms with van der Waals surface area (Å²) in [5.41, 5.74) is 1.67. The van der Waals surface area contributed by atoms with Crippen LogP contribution in [-0.4, -0.2) is 19.5 Å². The van der Waals surface area contributed by atoms with Crippen molar-refractivity contribution < 1.29 is 0 Å². The fourth-order valence-corrected chi connectivity index (χ4v) is 4.06. The van der Waals surface area contributed by atoms with Gasteiger partial charge in [-0.1, -0.05) is 42.1 Å². The maximum absolute atomic E-state index is 6.28. The number of imidazole rings is 1. The fourth-order valence-electron chi connectivity index (χ4n) is 3.32. The first-order chi connectivity index (χ1) is 12.1. The first kappa shape index (κ1) is 16.8. The molecule has 0 atom stereocenters. The van der Waals surface area contributed by atoms with Gasteiger partial charge in [-0.2, -0.15) is 9.97 Å². The van der Waals surface area contributed by atoms with Crippen LogP contribution in [0, 0.1) is 0 Å². The topological polar surface area (TPSA) is 72.9 Å². The number of halogens is 3. The second-order valence-corrected chi connectivity index (χ2v) is 7.17. The summed E-state index contributed by atoms with van der Waals surface area (Å²) in [7, 11) is 0. The van der Waals surface area contributed by atoms with E-state index in [1.165, 1.54) is 17.9 Å². The van der Waals surface area contributed by atoms with Gasteiger partial charge in [-0.15, -0.1) is 0 Å². The van der Waals surface area contributed by atoms with E-state index in [4.69, 9.17) is 40.6 Å². The van der Waals surface area contributed by atoms with Gasteiger partial charge in [0.1, 0.15) is 0 Å². The predicted molar refractivity (Wildman–Crippen MR) is 101 cm³/mol. The van der Waals surface area contributed by atoms with Crippen LogP contribution in [0.4, 0.5) is 11.5 Å². The average Bonchev–Trinajstić information content (AvgIpc) is 3.22. The third-order valence-corrected chi connectivity index (χ3v) is 5.28. The van der Waals surface area contributed by atoms with Crippen LogP contribution in [0.1, 0.15) is 31.7 Å². The number of anilines is 2. The minimum atomic E-state index is 0.0980. The zero-order chi connectivity index (χ0) is 17.6. The molecule has 1 aromatic carbocycles. The molecule has 0 saturated heterocycles. The maximum atomic E-state index is 6.28. The van der Waals surface area contributed by atoms with Gasteiger partial charge >= 0.3 is 0 Å². The van der Waals surface area contributed by atoms with Crippen LogP contribution in [-0.2, 0) is 0 Å². The Morgan fingerprint density at radius 1 is 1.08 bits per heavy atom. The van der Waals surface area contributed by atoms with E-state index in [2.05, 4.69) is 19.5 Å². The number of fused-ring (bicyclic) bond motifs is 1. The summed E-state index contributed by atoms with van der Waals surface area (Å²) in [5, 5.41) is 2.23. The molecule has 2 aromatic heterocycles. The van der Waals surface area contributed by atoms with Crippen molar-refractivity contribution in [1.29, 1.82) is 0 Å². The number of nitrogens with two attached hydrogens (primary N) is 1. The van der Waals surface area contributed by atoms with E-state index in [1.807, 2.05) is 0 Å². The molecule has 1 aliphatic carbocycles. The fraction of sp³-hybridized carbons (Fsp3) is 0.312. The molecule has 0 amide bonds. The number of aromatic nitrogens is 4. The largest absolute Gasteiger partial charge is 0.312 e. The summed E-state index contributed by atoms with van der Waals surface area (Å²) in [5.74, 6) is 6.64. The smallest absolute Gasteiger partial charge is 0.226 e. The van der Waals surface area contributed by atoms with Crippen LogP contribution in [0.15, 0.2) is 24.5 Å². The molecule has 6 nitrogen and oxygen atoms in total. The third kappa shape index (κ3) is 2.93. The Balaban J connectivity index is 1.87. The van der Waals surface area contributed by atoms with Crippen LogP contribution < -0.4 is 10.9 Å². The highest BCUT2D eigenvalue weighted by Gasteiger charge is 2.24. The van der Waals surface area contributed by atoms with Crippen LogP contribution >= 0.6 is 34.8 Å². The number of benzene rings is 1. The zero-order valence-corrected chi connectivity index (χ0v) is 15.4. The molecule has 25 heavy (non-hydrogen) atoms. The summed E-state index contributed by atoms with van der Waals surface area (Å²) in [6.07, 6.45) is 6.38. The molecule has 0 radical (unpaired) electrons. The molecular weight excluding hydrogens is 383 g/mol. The second-order valence-electron chi connectivity index (χ2n) is 6.02. The van der Waals surface area contributed by atoms with Crippen molar-refractivity contribution >= 4 is 57.5 Å². The first-order valence-electron chi connectivity index (χ1n) is 7.95. The predicted octanol–water partition coefficient (Wildman–Crippen LogP) is 4.91. The maximum Gasteiger partial charge on any atom is 0.226 e. The molecule has 0 spiro atoms. The Hall–Kier alpha value is -1.60. The molecule has 3 aromatic rings. The number of para-hydroxylation sites is 1. The van der Waals surface area contributed by atoms with Crippen LogP contribution in [0.5, 0.6) is 0 Å². The molecule has 0 unspecified atom stereocenters. The lowest BCUT2D eigenvalue weighted by Gasteiger charge is -2.20. The Bertz CT molecular complexity index is 915. The standard InChI is InChI=1S/C16H15Cl3N6/c17-10-6-3-7-11(18)13(10)25(20)15-12-14(22-16(19)23-15)24(8-21-12)9-4-1-2-5-9/h3,6-9H,1-2,4-5,20H2. The van der Waals surface area contributed by atoms with Crippen molar-refractivity contribution in [2.45, 2.75) is 31.7 Å². The monoisotopic (exact) mass is 396 g/mol. The lowest BCUT2D eigenvalue weighted by atomic mass is 10.2. The van der Waals surface area contributed by atoms with Gasteiger partial charge in [-0.05, 0) is 36.6 Å². The van der Waals surface area contributed by atoms with E-state index in [1.54, 1.807) is 24.5 Å². The number of nitrogens with zero attached hydrogens (tertiary/aromatic N) is 5. The number of hydrogen-bond acceptors (Lipinski definition) is 5. The summed E-state index contributed by atoms with van der Waals surface area (Å²) in [6.45, 7) is 0. The average molecular weight is 398 g/mol. The van der Waals surface area contributed by atoms with Gasteiger partial charge in [0.2, 0.25) is 5.28 Å². The molecule has 1 saturated carbocycles. The molecule has 9 heteroatoms. The van der Waals surface area contributed by atoms with Gasteiger partial charge in [0.15, 0.2) is 17.0 Å². The van der Waals surface area contributed by atoms with Crippen molar-refractivity contribution in [2.24, 2.45) is 5.84 Å². The van der Waals surface area contributed by atoms with Crippen molar-refractivity contribution in [2.75, 3.05) is 5.01 Å².